The molecule has 0 saturated heterocycles. The molecule has 0 fully saturated rings. The molecule has 0 radical (unpaired) electrons. The highest BCUT2D eigenvalue weighted by Crippen LogP contribution is 2.36. The van der Waals surface area contributed by atoms with Crippen molar-refractivity contribution >= 4 is 58.2 Å². The van der Waals surface area contributed by atoms with Gasteiger partial charge in [0.2, 0.25) is 0 Å². The molecule has 204 valence electrons. The SMILES string of the molecule is COC(=O)c1cnc(Cl)cc1C(F)(F)F.COC(=O)c1cnc(Nc2cccc(Cl)c2Cl)cc1C(F)(F)F. The molecule has 3 rings (SSSR count). The number of benzene rings is 1. The van der Waals surface area contributed by atoms with Gasteiger partial charge in [-0.05, 0) is 24.3 Å². The summed E-state index contributed by atoms with van der Waals surface area (Å²) in [6, 6.07) is 5.91. The van der Waals surface area contributed by atoms with E-state index in [9.17, 15) is 35.9 Å². The van der Waals surface area contributed by atoms with Crippen LogP contribution in [0.3, 0.4) is 0 Å². The number of aromatic nitrogens is 2. The summed E-state index contributed by atoms with van der Waals surface area (Å²) in [5, 5.41) is 2.67. The molecule has 0 atom stereocenters. The second kappa shape index (κ2) is 12.5. The molecule has 3 aromatic rings. The first-order valence-corrected chi connectivity index (χ1v) is 10.9. The van der Waals surface area contributed by atoms with Crippen LogP contribution in [0.2, 0.25) is 15.2 Å². The van der Waals surface area contributed by atoms with Crippen molar-refractivity contribution in [1.82, 2.24) is 9.97 Å². The van der Waals surface area contributed by atoms with E-state index < -0.39 is 46.5 Å². The molecule has 0 amide bonds. The van der Waals surface area contributed by atoms with Crippen LogP contribution in [0, 0.1) is 0 Å². The van der Waals surface area contributed by atoms with Crippen LogP contribution in [-0.2, 0) is 21.8 Å². The molecule has 0 spiro atoms. The van der Waals surface area contributed by atoms with Crippen molar-refractivity contribution in [3.63, 3.8) is 0 Å². The van der Waals surface area contributed by atoms with Gasteiger partial charge in [-0.2, -0.15) is 26.3 Å². The Morgan fingerprint density at radius 3 is 1.82 bits per heavy atom. The van der Waals surface area contributed by atoms with Crippen molar-refractivity contribution in [3.05, 3.63) is 80.2 Å². The maximum absolute atomic E-state index is 13.1. The summed E-state index contributed by atoms with van der Waals surface area (Å²) in [5.41, 5.74) is -3.38. The Kier molecular flexibility index (Phi) is 10.2. The molecule has 0 bridgehead atoms. The number of esters is 2. The standard InChI is InChI=1S/C14H9Cl2F3N2O2.C8H5ClF3NO2/c1-23-13(22)7-6-20-11(5-8(7)14(17,18)19)21-10-4-2-3-9(15)12(10)16;1-15-7(14)4-3-13-6(9)2-5(4)8(10,11)12/h2-6H,1H3,(H,20,21);2-3H,1H3. The number of nitrogens with zero attached hydrogens (tertiary/aromatic N) is 2. The fraction of sp³-hybridized carbons (Fsp3) is 0.182. The number of halogens is 9. The zero-order valence-corrected chi connectivity index (χ0v) is 21.2. The number of nitrogens with one attached hydrogen (secondary N) is 1. The summed E-state index contributed by atoms with van der Waals surface area (Å²) in [4.78, 5) is 29.6. The molecular weight excluding hydrogens is 591 g/mol. The predicted molar refractivity (Wildman–Crippen MR) is 126 cm³/mol. The minimum atomic E-state index is -4.75. The molecule has 0 unspecified atom stereocenters. The first-order valence-electron chi connectivity index (χ1n) is 9.77. The summed E-state index contributed by atoms with van der Waals surface area (Å²) >= 11 is 17.1. The lowest BCUT2D eigenvalue weighted by atomic mass is 10.1. The Bertz CT molecular complexity index is 1340. The number of rotatable bonds is 4. The minimum absolute atomic E-state index is 0.140. The molecule has 7 nitrogen and oxygen atoms in total. The van der Waals surface area contributed by atoms with Gasteiger partial charge in [0.25, 0.3) is 0 Å². The molecular formula is C22H14Cl3F6N3O4. The molecule has 1 aromatic carbocycles. The first-order chi connectivity index (χ1) is 17.6. The quantitative estimate of drug-likeness (QED) is 0.188. The van der Waals surface area contributed by atoms with E-state index in [1.165, 1.54) is 12.1 Å². The van der Waals surface area contributed by atoms with Gasteiger partial charge in [0.05, 0.1) is 52.2 Å². The van der Waals surface area contributed by atoms with E-state index in [2.05, 4.69) is 24.8 Å². The summed E-state index contributed by atoms with van der Waals surface area (Å²) in [7, 11) is 1.97. The summed E-state index contributed by atoms with van der Waals surface area (Å²) in [5.74, 6) is -2.38. The lowest BCUT2D eigenvalue weighted by molar-refractivity contribution is -0.138. The van der Waals surface area contributed by atoms with E-state index in [0.29, 0.717) is 12.1 Å². The predicted octanol–water partition coefficient (Wildman–Crippen LogP) is 7.48. The van der Waals surface area contributed by atoms with Crippen LogP contribution in [0.15, 0.2) is 42.7 Å². The van der Waals surface area contributed by atoms with E-state index in [0.717, 1.165) is 26.6 Å². The molecule has 16 heteroatoms. The van der Waals surface area contributed by atoms with Crippen LogP contribution < -0.4 is 5.32 Å². The van der Waals surface area contributed by atoms with Crippen LogP contribution in [0.5, 0.6) is 0 Å². The Balaban J connectivity index is 0.000000293. The number of pyridine rings is 2. The number of hydrogen-bond acceptors (Lipinski definition) is 7. The monoisotopic (exact) mass is 603 g/mol. The molecule has 1 N–H and O–H groups in total. The van der Waals surface area contributed by atoms with Crippen molar-refractivity contribution in [2.24, 2.45) is 0 Å². The topological polar surface area (TPSA) is 90.4 Å². The average Bonchev–Trinajstić information content (AvgIpc) is 2.85. The van der Waals surface area contributed by atoms with E-state index in [1.807, 2.05) is 0 Å². The number of carbonyl (C=O) groups is 2. The third-order valence-electron chi connectivity index (χ3n) is 4.41. The van der Waals surface area contributed by atoms with Gasteiger partial charge in [0, 0.05) is 12.4 Å². The lowest BCUT2D eigenvalue weighted by Crippen LogP contribution is -2.15. The number of anilines is 2. The van der Waals surface area contributed by atoms with Gasteiger partial charge in [-0.25, -0.2) is 19.6 Å². The highest BCUT2D eigenvalue weighted by atomic mass is 35.5. The minimum Gasteiger partial charge on any atom is -0.465 e. The Morgan fingerprint density at radius 2 is 1.32 bits per heavy atom. The maximum atomic E-state index is 13.1. The van der Waals surface area contributed by atoms with Crippen molar-refractivity contribution in [2.75, 3.05) is 19.5 Å². The molecule has 0 saturated carbocycles. The second-order valence-corrected chi connectivity index (χ2v) is 8.05. The van der Waals surface area contributed by atoms with Crippen LogP contribution in [0.1, 0.15) is 31.8 Å². The smallest absolute Gasteiger partial charge is 0.417 e. The van der Waals surface area contributed by atoms with Gasteiger partial charge in [0.1, 0.15) is 11.0 Å². The fourth-order valence-corrected chi connectivity index (χ4v) is 3.21. The average molecular weight is 605 g/mol. The van der Waals surface area contributed by atoms with Crippen molar-refractivity contribution < 1.29 is 45.4 Å². The van der Waals surface area contributed by atoms with E-state index in [-0.39, 0.29) is 26.7 Å². The van der Waals surface area contributed by atoms with Crippen LogP contribution >= 0.6 is 34.8 Å². The highest BCUT2D eigenvalue weighted by Gasteiger charge is 2.37. The zero-order chi connectivity index (χ0) is 28.8. The van der Waals surface area contributed by atoms with Gasteiger partial charge < -0.3 is 14.8 Å². The Morgan fingerprint density at radius 1 is 0.816 bits per heavy atom. The molecule has 2 aromatic heterocycles. The molecule has 0 aliphatic rings. The summed E-state index contributed by atoms with van der Waals surface area (Å²) in [6.07, 6.45) is -7.90. The number of alkyl halides is 6. The van der Waals surface area contributed by atoms with E-state index in [1.54, 1.807) is 6.07 Å². The summed E-state index contributed by atoms with van der Waals surface area (Å²) in [6.45, 7) is 0. The number of carbonyl (C=O) groups excluding carboxylic acids is 2. The van der Waals surface area contributed by atoms with Crippen LogP contribution in [0.25, 0.3) is 0 Å². The summed E-state index contributed by atoms with van der Waals surface area (Å²) < 4.78 is 85.1. The normalized spacial score (nSPS) is 11.2. The van der Waals surface area contributed by atoms with Crippen molar-refractivity contribution in [2.45, 2.75) is 12.4 Å². The van der Waals surface area contributed by atoms with Gasteiger partial charge in [-0.1, -0.05) is 40.9 Å². The third kappa shape index (κ3) is 7.85. The zero-order valence-electron chi connectivity index (χ0n) is 19.0. The second-order valence-electron chi connectivity index (χ2n) is 6.87. The number of ether oxygens (including phenoxy) is 2. The van der Waals surface area contributed by atoms with Crippen molar-refractivity contribution in [3.8, 4) is 0 Å². The van der Waals surface area contributed by atoms with Crippen molar-refractivity contribution in [1.29, 1.82) is 0 Å². The fourth-order valence-electron chi connectivity index (χ4n) is 2.71. The molecule has 38 heavy (non-hydrogen) atoms. The highest BCUT2D eigenvalue weighted by molar-refractivity contribution is 6.43. The lowest BCUT2D eigenvalue weighted by Gasteiger charge is -2.14. The van der Waals surface area contributed by atoms with Gasteiger partial charge >= 0.3 is 24.3 Å². The Hall–Kier alpha value is -3.29. The van der Waals surface area contributed by atoms with Crippen LogP contribution in [0.4, 0.5) is 37.8 Å². The largest absolute Gasteiger partial charge is 0.465 e. The van der Waals surface area contributed by atoms with Gasteiger partial charge in [-0.3, -0.25) is 0 Å². The molecule has 0 aliphatic heterocycles. The number of hydrogen-bond donors (Lipinski definition) is 1. The Labute approximate surface area is 225 Å². The van der Waals surface area contributed by atoms with Gasteiger partial charge in [0.15, 0.2) is 0 Å². The number of methoxy groups -OCH3 is 2. The molecule has 2 heterocycles. The third-order valence-corrected chi connectivity index (χ3v) is 5.44. The molecule has 0 aliphatic carbocycles. The van der Waals surface area contributed by atoms with E-state index in [4.69, 9.17) is 34.8 Å². The maximum Gasteiger partial charge on any atom is 0.417 e. The van der Waals surface area contributed by atoms with E-state index >= 15 is 0 Å². The van der Waals surface area contributed by atoms with Crippen LogP contribution in [-0.4, -0.2) is 36.1 Å². The van der Waals surface area contributed by atoms with Gasteiger partial charge in [-0.15, -0.1) is 0 Å². The first kappa shape index (κ1) is 30.9.